The second kappa shape index (κ2) is 7.44. The van der Waals surface area contributed by atoms with Crippen molar-refractivity contribution in [1.82, 2.24) is 0 Å². The van der Waals surface area contributed by atoms with Gasteiger partial charge in [-0.1, -0.05) is 12.8 Å². The number of hydrogen-bond donors (Lipinski definition) is 0. The van der Waals surface area contributed by atoms with Gasteiger partial charge in [0.2, 0.25) is 0 Å². The molecule has 23 heavy (non-hydrogen) atoms. The molecule has 0 aliphatic rings. The summed E-state index contributed by atoms with van der Waals surface area (Å²) in [6.45, 7) is 2.77. The molecular formula is C15H16FO6S-. The second-order valence-corrected chi connectivity index (χ2v) is 6.40. The summed E-state index contributed by atoms with van der Waals surface area (Å²) in [5, 5.41) is 0. The molecule has 0 fully saturated rings. The molecule has 126 valence electrons. The summed E-state index contributed by atoms with van der Waals surface area (Å²) in [7, 11) is -4.48. The maximum Gasteiger partial charge on any atom is 0.338 e. The lowest BCUT2D eigenvalue weighted by atomic mass is 10.0. The summed E-state index contributed by atoms with van der Waals surface area (Å²) in [4.78, 5) is 11.8. The third-order valence-electron chi connectivity index (χ3n) is 3.05. The Hall–Kier alpha value is -2.11. The highest BCUT2D eigenvalue weighted by atomic mass is 32.2. The fraction of sp³-hybridized carbons (Fsp3) is 0.400. The SMILES string of the molecule is C#CC(C)(CC)Oc1cc(C(=O)OCCS(=O)(=O)[O-])ccc1F. The van der Waals surface area contributed by atoms with Crippen molar-refractivity contribution < 1.29 is 31.6 Å². The fourth-order valence-corrected chi connectivity index (χ4v) is 1.76. The van der Waals surface area contributed by atoms with E-state index < -0.39 is 39.9 Å². The monoisotopic (exact) mass is 343 g/mol. The van der Waals surface area contributed by atoms with Crippen molar-refractivity contribution in [3.8, 4) is 18.1 Å². The molecule has 0 heterocycles. The molecule has 1 unspecified atom stereocenters. The van der Waals surface area contributed by atoms with Gasteiger partial charge in [-0.05, 0) is 31.5 Å². The van der Waals surface area contributed by atoms with E-state index in [0.29, 0.717) is 6.42 Å². The molecule has 0 aromatic heterocycles. The predicted molar refractivity (Wildman–Crippen MR) is 79.4 cm³/mol. The van der Waals surface area contributed by atoms with Gasteiger partial charge < -0.3 is 14.0 Å². The van der Waals surface area contributed by atoms with Gasteiger partial charge in [0.25, 0.3) is 0 Å². The van der Waals surface area contributed by atoms with E-state index in [9.17, 15) is 22.2 Å². The highest BCUT2D eigenvalue weighted by Crippen LogP contribution is 2.25. The summed E-state index contributed by atoms with van der Waals surface area (Å²) >= 11 is 0. The first-order valence-corrected chi connectivity index (χ1v) is 8.25. The molecule has 1 atom stereocenters. The molecule has 0 aliphatic heterocycles. The fourth-order valence-electron chi connectivity index (χ4n) is 1.47. The van der Waals surface area contributed by atoms with E-state index in [4.69, 9.17) is 11.2 Å². The van der Waals surface area contributed by atoms with Crippen molar-refractivity contribution in [3.05, 3.63) is 29.6 Å². The zero-order valence-electron chi connectivity index (χ0n) is 12.7. The number of halogens is 1. The van der Waals surface area contributed by atoms with Gasteiger partial charge in [0, 0.05) is 0 Å². The average Bonchev–Trinajstić information content (AvgIpc) is 2.48. The summed E-state index contributed by atoms with van der Waals surface area (Å²) in [6.07, 6.45) is 5.76. The molecular weight excluding hydrogens is 327 g/mol. The van der Waals surface area contributed by atoms with Crippen LogP contribution in [-0.2, 0) is 14.9 Å². The zero-order chi connectivity index (χ0) is 17.7. The molecule has 0 amide bonds. The third kappa shape index (κ3) is 5.88. The molecule has 0 bridgehead atoms. The van der Waals surface area contributed by atoms with Gasteiger partial charge in [0.1, 0.15) is 6.61 Å². The van der Waals surface area contributed by atoms with Gasteiger partial charge >= 0.3 is 5.97 Å². The molecule has 0 N–H and O–H groups in total. The maximum atomic E-state index is 13.8. The molecule has 0 aliphatic carbocycles. The maximum absolute atomic E-state index is 13.8. The lowest BCUT2D eigenvalue weighted by molar-refractivity contribution is 0.0526. The number of benzene rings is 1. The van der Waals surface area contributed by atoms with Crippen molar-refractivity contribution >= 4 is 16.1 Å². The highest BCUT2D eigenvalue weighted by molar-refractivity contribution is 7.85. The zero-order valence-corrected chi connectivity index (χ0v) is 13.5. The number of terminal acetylenes is 1. The quantitative estimate of drug-likeness (QED) is 0.425. The largest absolute Gasteiger partial charge is 0.748 e. The van der Waals surface area contributed by atoms with E-state index in [1.807, 2.05) is 0 Å². The smallest absolute Gasteiger partial charge is 0.338 e. The summed E-state index contributed by atoms with van der Waals surface area (Å²) in [5.74, 6) is -0.281. The van der Waals surface area contributed by atoms with E-state index in [0.717, 1.165) is 18.2 Å². The van der Waals surface area contributed by atoms with Crippen LogP contribution in [0.1, 0.15) is 30.6 Å². The van der Waals surface area contributed by atoms with Crippen LogP contribution in [0.25, 0.3) is 0 Å². The number of ether oxygens (including phenoxy) is 2. The summed E-state index contributed by atoms with van der Waals surface area (Å²) < 4.78 is 55.1. The standard InChI is InChI=1S/C15H17FO6S/c1-4-15(3,5-2)22-13-10-11(6-7-12(13)16)14(17)21-8-9-23(18,19)20/h1,6-7,10H,5,8-9H2,2-3H3,(H,18,19,20)/p-1. The molecule has 1 rings (SSSR count). The molecule has 1 aromatic rings. The van der Waals surface area contributed by atoms with Gasteiger partial charge in [-0.3, -0.25) is 0 Å². The normalized spacial score (nSPS) is 13.7. The first-order valence-electron chi connectivity index (χ1n) is 6.67. The number of rotatable bonds is 7. The minimum absolute atomic E-state index is 0.0554. The summed E-state index contributed by atoms with van der Waals surface area (Å²) in [5.41, 5.74) is -1.10. The second-order valence-electron chi connectivity index (χ2n) is 4.87. The molecule has 0 saturated heterocycles. The van der Waals surface area contributed by atoms with Crippen molar-refractivity contribution in [2.24, 2.45) is 0 Å². The Balaban J connectivity index is 2.88. The average molecular weight is 343 g/mol. The van der Waals surface area contributed by atoms with Crippen molar-refractivity contribution in [2.75, 3.05) is 12.4 Å². The Morgan fingerprint density at radius 2 is 2.13 bits per heavy atom. The Morgan fingerprint density at radius 3 is 2.65 bits per heavy atom. The van der Waals surface area contributed by atoms with Gasteiger partial charge in [-0.15, -0.1) is 6.42 Å². The van der Waals surface area contributed by atoms with E-state index >= 15 is 0 Å². The van der Waals surface area contributed by atoms with Crippen LogP contribution in [-0.4, -0.2) is 36.9 Å². The van der Waals surface area contributed by atoms with Gasteiger partial charge in [0.05, 0.1) is 21.4 Å². The Kier molecular flexibility index (Phi) is 6.12. The first-order chi connectivity index (χ1) is 10.6. The van der Waals surface area contributed by atoms with Crippen molar-refractivity contribution in [2.45, 2.75) is 25.9 Å². The minimum Gasteiger partial charge on any atom is -0.748 e. The topological polar surface area (TPSA) is 92.7 Å². The van der Waals surface area contributed by atoms with Gasteiger partial charge in [-0.25, -0.2) is 17.6 Å². The lowest BCUT2D eigenvalue weighted by Gasteiger charge is -2.24. The molecule has 0 saturated carbocycles. The number of carbonyl (C=O) groups excluding carboxylic acids is 1. The minimum atomic E-state index is -4.48. The molecule has 1 aromatic carbocycles. The van der Waals surface area contributed by atoms with Crippen LogP contribution < -0.4 is 4.74 Å². The Morgan fingerprint density at radius 1 is 1.48 bits per heavy atom. The van der Waals surface area contributed by atoms with Gasteiger partial charge in [-0.2, -0.15) is 0 Å². The van der Waals surface area contributed by atoms with Crippen LogP contribution in [0.2, 0.25) is 0 Å². The molecule has 0 radical (unpaired) electrons. The third-order valence-corrected chi connectivity index (χ3v) is 3.72. The molecule has 0 spiro atoms. The van der Waals surface area contributed by atoms with Crippen LogP contribution in [0.3, 0.4) is 0 Å². The van der Waals surface area contributed by atoms with E-state index in [1.54, 1.807) is 13.8 Å². The Bertz CT molecular complexity index is 722. The van der Waals surface area contributed by atoms with E-state index in [1.165, 1.54) is 0 Å². The van der Waals surface area contributed by atoms with E-state index in [2.05, 4.69) is 10.7 Å². The Labute approximate surface area is 134 Å². The number of carbonyl (C=O) groups is 1. The predicted octanol–water partition coefficient (Wildman–Crippen LogP) is 1.71. The van der Waals surface area contributed by atoms with Crippen LogP contribution >= 0.6 is 0 Å². The number of esters is 1. The van der Waals surface area contributed by atoms with Crippen molar-refractivity contribution in [1.29, 1.82) is 0 Å². The van der Waals surface area contributed by atoms with Crippen LogP contribution in [0.4, 0.5) is 4.39 Å². The lowest BCUT2D eigenvalue weighted by Crippen LogP contribution is -2.29. The summed E-state index contributed by atoms with van der Waals surface area (Å²) in [6, 6.07) is 3.26. The van der Waals surface area contributed by atoms with E-state index in [-0.39, 0.29) is 11.3 Å². The van der Waals surface area contributed by atoms with Crippen LogP contribution in [0.15, 0.2) is 18.2 Å². The number of hydrogen-bond acceptors (Lipinski definition) is 6. The highest BCUT2D eigenvalue weighted by Gasteiger charge is 2.23. The molecule has 6 nitrogen and oxygen atoms in total. The van der Waals surface area contributed by atoms with Gasteiger partial charge in [0.15, 0.2) is 17.2 Å². The van der Waals surface area contributed by atoms with Crippen LogP contribution in [0, 0.1) is 18.2 Å². The first kappa shape index (κ1) is 18.9. The van der Waals surface area contributed by atoms with Crippen molar-refractivity contribution in [3.63, 3.8) is 0 Å². The molecule has 8 heteroatoms. The van der Waals surface area contributed by atoms with Crippen LogP contribution in [0.5, 0.6) is 5.75 Å².